The van der Waals surface area contributed by atoms with Crippen LogP contribution in [0.1, 0.15) is 23.6 Å². The number of benzene rings is 2. The van der Waals surface area contributed by atoms with E-state index in [-0.39, 0.29) is 25.2 Å². The molecule has 1 N–H and O–H groups in total. The zero-order valence-electron chi connectivity index (χ0n) is 13.4. The number of ether oxygens (including phenoxy) is 1. The molecule has 0 radical (unpaired) electrons. The lowest BCUT2D eigenvalue weighted by Crippen LogP contribution is -2.36. The first-order valence-corrected chi connectivity index (χ1v) is 7.78. The number of carbonyl (C=O) groups is 1. The summed E-state index contributed by atoms with van der Waals surface area (Å²) in [5, 5.41) is 9.19. The molecule has 0 aliphatic carbocycles. The van der Waals surface area contributed by atoms with Crippen molar-refractivity contribution < 1.29 is 14.6 Å². The molecule has 0 amide bonds. The second-order valence-corrected chi connectivity index (χ2v) is 5.35. The van der Waals surface area contributed by atoms with Crippen LogP contribution in [-0.2, 0) is 9.53 Å². The van der Waals surface area contributed by atoms with Gasteiger partial charge in [0.25, 0.3) is 0 Å². The molecule has 0 bridgehead atoms. The van der Waals surface area contributed by atoms with Crippen LogP contribution in [0, 0.1) is 0 Å². The Balaban J connectivity index is 2.37. The highest BCUT2D eigenvalue weighted by molar-refractivity contribution is 5.71. The van der Waals surface area contributed by atoms with Gasteiger partial charge in [0.1, 0.15) is 0 Å². The molecule has 2 aromatic carbocycles. The highest BCUT2D eigenvalue weighted by Gasteiger charge is 2.24. The maximum Gasteiger partial charge on any atom is 0.319 e. The molecule has 0 saturated heterocycles. The summed E-state index contributed by atoms with van der Waals surface area (Å²) in [5.41, 5.74) is 2.22. The van der Waals surface area contributed by atoms with E-state index in [4.69, 9.17) is 4.74 Å². The molecule has 23 heavy (non-hydrogen) atoms. The average Bonchev–Trinajstić information content (AvgIpc) is 2.61. The lowest BCUT2D eigenvalue weighted by molar-refractivity contribution is -0.142. The lowest BCUT2D eigenvalue weighted by atomic mass is 9.97. The van der Waals surface area contributed by atoms with E-state index in [1.807, 2.05) is 41.3 Å². The number of hydrogen-bond donors (Lipinski definition) is 1. The normalized spacial score (nSPS) is 11.0. The van der Waals surface area contributed by atoms with Gasteiger partial charge in [-0.2, -0.15) is 0 Å². The van der Waals surface area contributed by atoms with Crippen LogP contribution in [-0.4, -0.2) is 42.8 Å². The maximum atomic E-state index is 11.8. The smallest absolute Gasteiger partial charge is 0.319 e. The van der Waals surface area contributed by atoms with Crippen LogP contribution in [0.2, 0.25) is 0 Å². The second kappa shape index (κ2) is 9.08. The summed E-state index contributed by atoms with van der Waals surface area (Å²) in [6, 6.07) is 20.1. The Labute approximate surface area is 137 Å². The van der Waals surface area contributed by atoms with Crippen LogP contribution in [0.5, 0.6) is 0 Å². The van der Waals surface area contributed by atoms with E-state index >= 15 is 0 Å². The average molecular weight is 313 g/mol. The molecule has 2 rings (SSSR count). The van der Waals surface area contributed by atoms with Crippen molar-refractivity contribution in [3.63, 3.8) is 0 Å². The largest absolute Gasteiger partial charge is 0.468 e. The number of carbonyl (C=O) groups excluding carboxylic acids is 1. The van der Waals surface area contributed by atoms with Gasteiger partial charge in [0.05, 0.1) is 19.7 Å². The number of methoxy groups -OCH3 is 1. The van der Waals surface area contributed by atoms with Crippen LogP contribution in [0.15, 0.2) is 60.7 Å². The van der Waals surface area contributed by atoms with Gasteiger partial charge in [0.2, 0.25) is 0 Å². The molecule has 0 atom stereocenters. The van der Waals surface area contributed by atoms with Crippen molar-refractivity contribution in [1.29, 1.82) is 0 Å². The zero-order valence-corrected chi connectivity index (χ0v) is 13.4. The van der Waals surface area contributed by atoms with Crippen molar-refractivity contribution in [1.82, 2.24) is 4.90 Å². The van der Waals surface area contributed by atoms with E-state index < -0.39 is 0 Å². The first kappa shape index (κ1) is 17.2. The molecule has 4 nitrogen and oxygen atoms in total. The number of nitrogens with zero attached hydrogens (tertiary/aromatic N) is 1. The Hall–Kier alpha value is -2.17. The lowest BCUT2D eigenvalue weighted by Gasteiger charge is -2.31. The Morgan fingerprint density at radius 2 is 1.57 bits per heavy atom. The number of rotatable bonds is 8. The van der Waals surface area contributed by atoms with Gasteiger partial charge in [-0.25, -0.2) is 0 Å². The zero-order chi connectivity index (χ0) is 16.5. The van der Waals surface area contributed by atoms with Crippen molar-refractivity contribution in [3.8, 4) is 0 Å². The minimum atomic E-state index is -0.278. The fourth-order valence-electron chi connectivity index (χ4n) is 2.69. The Kier molecular flexibility index (Phi) is 6.78. The highest BCUT2D eigenvalue weighted by Crippen LogP contribution is 2.28. The topological polar surface area (TPSA) is 49.8 Å². The predicted octanol–water partition coefficient (Wildman–Crippen LogP) is 2.63. The summed E-state index contributed by atoms with van der Waals surface area (Å²) in [6.07, 6.45) is 0.604. The molecule has 2 aromatic rings. The van der Waals surface area contributed by atoms with Gasteiger partial charge >= 0.3 is 5.97 Å². The standard InChI is InChI=1S/C19H23NO3/c1-23-18(22)15-20(13-8-14-21)19(16-9-4-2-5-10-16)17-11-6-3-7-12-17/h2-7,9-12,19,21H,8,13-15H2,1H3. The summed E-state index contributed by atoms with van der Waals surface area (Å²) in [4.78, 5) is 13.9. The number of aliphatic hydroxyl groups is 1. The maximum absolute atomic E-state index is 11.8. The first-order valence-electron chi connectivity index (χ1n) is 7.78. The third kappa shape index (κ3) is 4.91. The first-order chi connectivity index (χ1) is 11.3. The number of hydrogen-bond acceptors (Lipinski definition) is 4. The van der Waals surface area contributed by atoms with Crippen molar-refractivity contribution >= 4 is 5.97 Å². The summed E-state index contributed by atoms with van der Waals surface area (Å²) in [6.45, 7) is 0.888. The molecule has 0 fully saturated rings. The summed E-state index contributed by atoms with van der Waals surface area (Å²) in [5.74, 6) is -0.278. The number of aliphatic hydroxyl groups excluding tert-OH is 1. The second-order valence-electron chi connectivity index (χ2n) is 5.35. The van der Waals surface area contributed by atoms with E-state index in [1.54, 1.807) is 0 Å². The third-order valence-electron chi connectivity index (χ3n) is 3.76. The van der Waals surface area contributed by atoms with Gasteiger partial charge in [0.15, 0.2) is 0 Å². The molecule has 0 spiro atoms. The summed E-state index contributed by atoms with van der Waals surface area (Å²) in [7, 11) is 1.40. The summed E-state index contributed by atoms with van der Waals surface area (Å²) >= 11 is 0. The highest BCUT2D eigenvalue weighted by atomic mass is 16.5. The van der Waals surface area contributed by atoms with Crippen LogP contribution in [0.3, 0.4) is 0 Å². The van der Waals surface area contributed by atoms with Crippen molar-refractivity contribution in [3.05, 3.63) is 71.8 Å². The van der Waals surface area contributed by atoms with Gasteiger partial charge < -0.3 is 9.84 Å². The Morgan fingerprint density at radius 1 is 1.04 bits per heavy atom. The van der Waals surface area contributed by atoms with Crippen molar-refractivity contribution in [2.24, 2.45) is 0 Å². The van der Waals surface area contributed by atoms with E-state index in [0.717, 1.165) is 11.1 Å². The fourth-order valence-corrected chi connectivity index (χ4v) is 2.69. The molecule has 0 aliphatic rings. The van der Waals surface area contributed by atoms with Crippen LogP contribution >= 0.6 is 0 Å². The Morgan fingerprint density at radius 3 is 2.00 bits per heavy atom. The fraction of sp³-hybridized carbons (Fsp3) is 0.316. The molecular weight excluding hydrogens is 290 g/mol. The quantitative estimate of drug-likeness (QED) is 0.761. The molecule has 0 aliphatic heterocycles. The molecule has 0 saturated carbocycles. The van der Waals surface area contributed by atoms with Crippen LogP contribution in [0.25, 0.3) is 0 Å². The van der Waals surface area contributed by atoms with Crippen LogP contribution in [0.4, 0.5) is 0 Å². The Bertz CT molecular complexity index is 547. The van der Waals surface area contributed by atoms with E-state index in [1.165, 1.54) is 7.11 Å². The minimum Gasteiger partial charge on any atom is -0.468 e. The summed E-state index contributed by atoms with van der Waals surface area (Å²) < 4.78 is 4.84. The van der Waals surface area contributed by atoms with Crippen molar-refractivity contribution in [2.45, 2.75) is 12.5 Å². The monoisotopic (exact) mass is 313 g/mol. The predicted molar refractivity (Wildman–Crippen MR) is 90.0 cm³/mol. The van der Waals surface area contributed by atoms with E-state index in [2.05, 4.69) is 24.3 Å². The van der Waals surface area contributed by atoms with Gasteiger partial charge in [0, 0.05) is 13.2 Å². The van der Waals surface area contributed by atoms with Gasteiger partial charge in [-0.3, -0.25) is 9.69 Å². The van der Waals surface area contributed by atoms with Crippen LogP contribution < -0.4 is 0 Å². The minimum absolute atomic E-state index is 0.0527. The van der Waals surface area contributed by atoms with E-state index in [0.29, 0.717) is 13.0 Å². The molecule has 122 valence electrons. The van der Waals surface area contributed by atoms with Gasteiger partial charge in [-0.15, -0.1) is 0 Å². The van der Waals surface area contributed by atoms with E-state index in [9.17, 15) is 9.90 Å². The third-order valence-corrected chi connectivity index (χ3v) is 3.76. The van der Waals surface area contributed by atoms with Gasteiger partial charge in [-0.1, -0.05) is 60.7 Å². The SMILES string of the molecule is COC(=O)CN(CCCO)C(c1ccccc1)c1ccccc1. The molecule has 0 aromatic heterocycles. The molecule has 0 unspecified atom stereocenters. The number of esters is 1. The van der Waals surface area contributed by atoms with Gasteiger partial charge in [-0.05, 0) is 17.5 Å². The molecule has 0 heterocycles. The molecule has 4 heteroatoms. The van der Waals surface area contributed by atoms with Crippen molar-refractivity contribution in [2.75, 3.05) is 26.8 Å². The molecular formula is C19H23NO3.